The maximum Gasteiger partial charge on any atom is 0.262 e. The number of sulfonamides is 1. The van der Waals surface area contributed by atoms with Gasteiger partial charge in [-0.2, -0.15) is 11.3 Å². The molecule has 2 heterocycles. The maximum atomic E-state index is 12.6. The van der Waals surface area contributed by atoms with E-state index in [-0.39, 0.29) is 4.90 Å². The van der Waals surface area contributed by atoms with Crippen LogP contribution in [0.5, 0.6) is 5.75 Å². The molecule has 0 radical (unpaired) electrons. The van der Waals surface area contributed by atoms with Gasteiger partial charge in [-0.15, -0.1) is 0 Å². The fraction of sp³-hybridized carbons (Fsp3) is 0.167. The lowest BCUT2D eigenvalue weighted by molar-refractivity contribution is 0.320. The summed E-state index contributed by atoms with van der Waals surface area (Å²) in [5.41, 5.74) is 1.90. The third-order valence-corrected chi connectivity index (χ3v) is 6.49. The van der Waals surface area contributed by atoms with E-state index in [4.69, 9.17) is 16.3 Å². The van der Waals surface area contributed by atoms with Crippen LogP contribution in [0, 0.1) is 6.92 Å². The van der Waals surface area contributed by atoms with Crippen molar-refractivity contribution in [2.24, 2.45) is 0 Å². The lowest BCUT2D eigenvalue weighted by atomic mass is 10.1. The van der Waals surface area contributed by atoms with E-state index in [1.807, 2.05) is 11.4 Å². The van der Waals surface area contributed by atoms with Gasteiger partial charge in [0.1, 0.15) is 5.75 Å². The molecule has 2 aromatic heterocycles. The Bertz CT molecular complexity index is 975. The topological polar surface area (TPSA) is 68.3 Å². The quantitative estimate of drug-likeness (QED) is 0.623. The fourth-order valence-corrected chi connectivity index (χ4v) is 4.73. The number of nitrogens with one attached hydrogen (secondary N) is 1. The van der Waals surface area contributed by atoms with Crippen LogP contribution in [0.25, 0.3) is 0 Å². The van der Waals surface area contributed by atoms with Crippen LogP contribution in [0.4, 0.5) is 5.69 Å². The number of halogens is 1. The van der Waals surface area contributed by atoms with Crippen molar-refractivity contribution in [3.8, 4) is 5.75 Å². The number of hydrogen-bond acceptors (Lipinski definition) is 5. The molecule has 0 saturated carbocycles. The van der Waals surface area contributed by atoms with E-state index in [9.17, 15) is 8.42 Å². The zero-order valence-electron chi connectivity index (χ0n) is 14.0. The maximum absolute atomic E-state index is 12.6. The predicted octanol–water partition coefficient (Wildman–Crippen LogP) is 4.53. The molecule has 0 amide bonds. The van der Waals surface area contributed by atoms with Gasteiger partial charge in [-0.25, -0.2) is 8.42 Å². The van der Waals surface area contributed by atoms with Crippen LogP contribution in [0.1, 0.15) is 11.1 Å². The van der Waals surface area contributed by atoms with Gasteiger partial charge in [0.2, 0.25) is 0 Å². The number of anilines is 1. The van der Waals surface area contributed by atoms with Gasteiger partial charge in [-0.1, -0.05) is 17.7 Å². The van der Waals surface area contributed by atoms with Crippen LogP contribution in [0.15, 0.2) is 58.4 Å². The number of rotatable bonds is 7. The number of benzene rings is 1. The van der Waals surface area contributed by atoms with E-state index < -0.39 is 10.0 Å². The standard InChI is InChI=1S/C18H17ClN2O3S2/c1-13-17(26(22,23)21-15-7-10-25-12-15)5-4-14(18(13)19)6-9-24-16-3-2-8-20-11-16/h2-5,7-8,10-12,21H,6,9H2,1H3. The molecular formula is C18H17ClN2O3S2. The highest BCUT2D eigenvalue weighted by atomic mass is 35.5. The van der Waals surface area contributed by atoms with Gasteiger partial charge in [-0.3, -0.25) is 9.71 Å². The van der Waals surface area contributed by atoms with E-state index in [0.717, 1.165) is 5.56 Å². The van der Waals surface area contributed by atoms with Crippen LogP contribution < -0.4 is 9.46 Å². The summed E-state index contributed by atoms with van der Waals surface area (Å²) in [6.45, 7) is 2.13. The van der Waals surface area contributed by atoms with Gasteiger partial charge in [-0.05, 0) is 47.7 Å². The highest BCUT2D eigenvalue weighted by Gasteiger charge is 2.20. The van der Waals surface area contributed by atoms with Crippen LogP contribution in [0.3, 0.4) is 0 Å². The average Bonchev–Trinajstić information content (AvgIpc) is 3.11. The van der Waals surface area contributed by atoms with Crippen LogP contribution in [-0.4, -0.2) is 20.0 Å². The Kier molecular flexibility index (Phi) is 5.80. The average molecular weight is 409 g/mol. The summed E-state index contributed by atoms with van der Waals surface area (Å²) in [6.07, 6.45) is 3.88. The summed E-state index contributed by atoms with van der Waals surface area (Å²) in [5, 5.41) is 3.98. The van der Waals surface area contributed by atoms with Gasteiger partial charge >= 0.3 is 0 Å². The summed E-state index contributed by atoms with van der Waals surface area (Å²) < 4.78 is 33.4. The van der Waals surface area contributed by atoms with Gasteiger partial charge in [0.25, 0.3) is 10.0 Å². The molecule has 136 valence electrons. The Morgan fingerprint density at radius 2 is 2.12 bits per heavy atom. The predicted molar refractivity (Wildman–Crippen MR) is 105 cm³/mol. The summed E-state index contributed by atoms with van der Waals surface area (Å²) >= 11 is 7.83. The summed E-state index contributed by atoms with van der Waals surface area (Å²) in [6, 6.07) is 8.64. The second-order valence-electron chi connectivity index (χ2n) is 5.57. The van der Waals surface area contributed by atoms with E-state index in [1.54, 1.807) is 49.0 Å². The van der Waals surface area contributed by atoms with Gasteiger partial charge in [0, 0.05) is 23.0 Å². The van der Waals surface area contributed by atoms with Crippen molar-refractivity contribution < 1.29 is 13.2 Å². The van der Waals surface area contributed by atoms with E-state index in [0.29, 0.717) is 35.1 Å². The first-order valence-electron chi connectivity index (χ1n) is 7.83. The number of ether oxygens (including phenoxy) is 1. The molecule has 0 spiro atoms. The molecule has 0 aliphatic heterocycles. The van der Waals surface area contributed by atoms with Crippen molar-refractivity contribution >= 4 is 38.6 Å². The first-order chi connectivity index (χ1) is 12.5. The molecular weight excluding hydrogens is 392 g/mol. The minimum absolute atomic E-state index is 0.172. The molecule has 8 heteroatoms. The van der Waals surface area contributed by atoms with E-state index in [2.05, 4.69) is 9.71 Å². The number of nitrogens with zero attached hydrogens (tertiary/aromatic N) is 1. The number of thiophene rings is 1. The third kappa shape index (κ3) is 4.35. The molecule has 26 heavy (non-hydrogen) atoms. The Morgan fingerprint density at radius 1 is 1.27 bits per heavy atom. The highest BCUT2D eigenvalue weighted by molar-refractivity contribution is 7.92. The second kappa shape index (κ2) is 8.07. The smallest absolute Gasteiger partial charge is 0.262 e. The largest absolute Gasteiger partial charge is 0.492 e. The minimum Gasteiger partial charge on any atom is -0.492 e. The molecule has 3 rings (SSSR count). The molecule has 1 N–H and O–H groups in total. The van der Waals surface area contributed by atoms with Gasteiger partial charge < -0.3 is 4.74 Å². The van der Waals surface area contributed by atoms with Crippen molar-refractivity contribution in [3.05, 3.63) is 69.6 Å². The van der Waals surface area contributed by atoms with Crippen molar-refractivity contribution in [1.82, 2.24) is 4.98 Å². The van der Waals surface area contributed by atoms with Crippen molar-refractivity contribution in [2.45, 2.75) is 18.2 Å². The van der Waals surface area contributed by atoms with E-state index >= 15 is 0 Å². The molecule has 0 fully saturated rings. The first kappa shape index (κ1) is 18.7. The van der Waals surface area contributed by atoms with Crippen molar-refractivity contribution in [3.63, 3.8) is 0 Å². The first-order valence-corrected chi connectivity index (χ1v) is 10.6. The van der Waals surface area contributed by atoms with Crippen molar-refractivity contribution in [2.75, 3.05) is 11.3 Å². The van der Waals surface area contributed by atoms with Crippen LogP contribution in [-0.2, 0) is 16.4 Å². The molecule has 3 aromatic rings. The zero-order chi connectivity index (χ0) is 18.6. The molecule has 0 aliphatic rings. The third-order valence-electron chi connectivity index (χ3n) is 3.75. The summed E-state index contributed by atoms with van der Waals surface area (Å²) in [4.78, 5) is 4.16. The number of aromatic nitrogens is 1. The monoisotopic (exact) mass is 408 g/mol. The molecule has 0 unspecified atom stereocenters. The molecule has 0 atom stereocenters. The van der Waals surface area contributed by atoms with E-state index in [1.165, 1.54) is 11.3 Å². The lowest BCUT2D eigenvalue weighted by Gasteiger charge is -2.13. The Morgan fingerprint density at radius 3 is 2.81 bits per heavy atom. The van der Waals surface area contributed by atoms with Crippen LogP contribution in [0.2, 0.25) is 5.02 Å². The molecule has 5 nitrogen and oxygen atoms in total. The van der Waals surface area contributed by atoms with Gasteiger partial charge in [0.05, 0.1) is 23.4 Å². The Balaban J connectivity index is 1.73. The second-order valence-corrected chi connectivity index (χ2v) is 8.38. The highest BCUT2D eigenvalue weighted by Crippen LogP contribution is 2.29. The summed E-state index contributed by atoms with van der Waals surface area (Å²) in [7, 11) is -3.68. The normalized spacial score (nSPS) is 11.3. The zero-order valence-corrected chi connectivity index (χ0v) is 16.4. The SMILES string of the molecule is Cc1c(S(=O)(=O)Nc2ccsc2)ccc(CCOc2cccnc2)c1Cl. The summed E-state index contributed by atoms with van der Waals surface area (Å²) in [5.74, 6) is 0.680. The number of pyridine rings is 1. The van der Waals surface area contributed by atoms with Crippen molar-refractivity contribution in [1.29, 1.82) is 0 Å². The van der Waals surface area contributed by atoms with Gasteiger partial charge in [0.15, 0.2) is 0 Å². The molecule has 0 aliphatic carbocycles. The molecule has 0 saturated heterocycles. The minimum atomic E-state index is -3.68. The Labute approximate surface area is 161 Å². The number of hydrogen-bond donors (Lipinski definition) is 1. The molecule has 1 aromatic carbocycles. The van der Waals surface area contributed by atoms with Crippen LogP contribution >= 0.6 is 22.9 Å². The molecule has 0 bridgehead atoms. The Hall–Kier alpha value is -2.09. The lowest BCUT2D eigenvalue weighted by Crippen LogP contribution is -2.14. The fourth-order valence-electron chi connectivity index (χ4n) is 2.45.